The molecular weight excluding hydrogens is 731 g/mol. The lowest BCUT2D eigenvalue weighted by Gasteiger charge is -2.41. The van der Waals surface area contributed by atoms with E-state index >= 15 is 0 Å². The van der Waals surface area contributed by atoms with E-state index in [1.165, 1.54) is 96.3 Å². The molecule has 0 bridgehead atoms. The first kappa shape index (κ1) is 51.6. The minimum Gasteiger partial charge on any atom is -0.462 e. The predicted octanol–water partition coefficient (Wildman–Crippen LogP) is 7.50. The molecule has 0 spiro atoms. The van der Waals surface area contributed by atoms with Gasteiger partial charge in [-0.15, -0.1) is 0 Å². The fourth-order valence-electron chi connectivity index (χ4n) is 6.58. The molecule has 1 aliphatic carbocycles. The molecule has 1 rings (SSSR count). The average Bonchev–Trinajstić information content (AvgIpc) is 3.16. The van der Waals surface area contributed by atoms with E-state index in [0.29, 0.717) is 12.8 Å². The SMILES string of the molecule is CCCCCCCCCC/C=C/CCCCCC(=O)O[C@H](COC(=O)CCCCCCCCCCCCC)COP(=O)(O)OC1C(O)C(O)C(O)[C@@H](O)C1O. The number of hydrogen-bond donors (Lipinski definition) is 6. The summed E-state index contributed by atoms with van der Waals surface area (Å²) < 4.78 is 33.4. The van der Waals surface area contributed by atoms with Crippen LogP contribution < -0.4 is 0 Å². The van der Waals surface area contributed by atoms with Gasteiger partial charge < -0.3 is 39.9 Å². The van der Waals surface area contributed by atoms with E-state index < -0.39 is 75.7 Å². The Morgan fingerprint density at radius 1 is 0.545 bits per heavy atom. The summed E-state index contributed by atoms with van der Waals surface area (Å²) in [5, 5.41) is 50.0. The standard InChI is InChI=1S/C41H77O13P/c1-3-5-7-9-11-13-15-16-17-18-20-22-24-26-28-30-35(43)53-33(31-51-34(42)29-27-25-23-21-19-14-12-10-8-6-4-2)32-52-55(49,50)54-41-39(47)37(45)36(44)38(46)40(41)48/h18,20,33,36-41,44-48H,3-17,19,21-32H2,1-2H3,(H,49,50)/b20-18+/t33-,36?,37-,38?,39?,40?,41?/m1/s1. The second-order valence-electron chi connectivity index (χ2n) is 15.2. The molecule has 14 heteroatoms. The van der Waals surface area contributed by atoms with Gasteiger partial charge in [-0.1, -0.05) is 142 Å². The molecule has 1 saturated carbocycles. The highest BCUT2D eigenvalue weighted by Crippen LogP contribution is 2.47. The number of hydrogen-bond acceptors (Lipinski definition) is 12. The molecule has 0 aromatic rings. The molecule has 0 amide bonds. The number of aliphatic hydroxyl groups is 5. The number of allylic oxidation sites excluding steroid dienone is 2. The van der Waals surface area contributed by atoms with Crippen molar-refractivity contribution in [1.82, 2.24) is 0 Å². The predicted molar refractivity (Wildman–Crippen MR) is 212 cm³/mol. The van der Waals surface area contributed by atoms with E-state index in [1.807, 2.05) is 0 Å². The van der Waals surface area contributed by atoms with Crippen LogP contribution in [0.5, 0.6) is 0 Å². The Labute approximate surface area is 331 Å². The second kappa shape index (κ2) is 32.5. The van der Waals surface area contributed by atoms with E-state index in [9.17, 15) is 44.6 Å². The molecule has 0 saturated heterocycles. The summed E-state index contributed by atoms with van der Waals surface area (Å²) in [7, 11) is -5.11. The minimum atomic E-state index is -5.11. The van der Waals surface area contributed by atoms with Crippen molar-refractivity contribution in [2.45, 2.75) is 224 Å². The molecule has 0 aliphatic heterocycles. The quantitative estimate of drug-likeness (QED) is 0.0159. The van der Waals surface area contributed by atoms with Gasteiger partial charge in [0.05, 0.1) is 6.61 Å². The monoisotopic (exact) mass is 809 g/mol. The third-order valence-electron chi connectivity index (χ3n) is 10.1. The molecule has 13 nitrogen and oxygen atoms in total. The molecule has 1 aliphatic rings. The van der Waals surface area contributed by atoms with Gasteiger partial charge in [-0.25, -0.2) is 4.57 Å². The summed E-state index contributed by atoms with van der Waals surface area (Å²) in [4.78, 5) is 35.5. The van der Waals surface area contributed by atoms with Crippen LogP contribution >= 0.6 is 7.82 Å². The van der Waals surface area contributed by atoms with Crippen molar-refractivity contribution in [2.24, 2.45) is 0 Å². The largest absolute Gasteiger partial charge is 0.472 e. The number of phosphoric acid groups is 1. The number of unbranched alkanes of at least 4 members (excludes halogenated alkanes) is 21. The lowest BCUT2D eigenvalue weighted by Crippen LogP contribution is -2.64. The van der Waals surface area contributed by atoms with Gasteiger partial charge >= 0.3 is 19.8 Å². The molecule has 6 unspecified atom stereocenters. The van der Waals surface area contributed by atoms with Crippen LogP contribution in [-0.2, 0) is 32.7 Å². The van der Waals surface area contributed by atoms with Gasteiger partial charge in [0.25, 0.3) is 0 Å². The van der Waals surface area contributed by atoms with Crippen molar-refractivity contribution >= 4 is 19.8 Å². The second-order valence-corrected chi connectivity index (χ2v) is 16.6. The zero-order chi connectivity index (χ0) is 40.7. The highest BCUT2D eigenvalue weighted by atomic mass is 31.2. The lowest BCUT2D eigenvalue weighted by molar-refractivity contribution is -0.220. The Morgan fingerprint density at radius 3 is 1.40 bits per heavy atom. The van der Waals surface area contributed by atoms with E-state index in [-0.39, 0.29) is 12.8 Å². The molecule has 0 aromatic heterocycles. The van der Waals surface area contributed by atoms with Crippen molar-refractivity contribution in [3.05, 3.63) is 12.2 Å². The Hall–Kier alpha value is -1.41. The Kier molecular flexibility index (Phi) is 30.5. The summed E-state index contributed by atoms with van der Waals surface area (Å²) in [5.41, 5.74) is 0. The maximum absolute atomic E-state index is 12.8. The van der Waals surface area contributed by atoms with Crippen LogP contribution in [0.1, 0.15) is 181 Å². The Bertz CT molecular complexity index is 1030. The first-order valence-electron chi connectivity index (χ1n) is 21.5. The number of carbonyl (C=O) groups excluding carboxylic acids is 2. The fraction of sp³-hybridized carbons (Fsp3) is 0.902. The summed E-state index contributed by atoms with van der Waals surface area (Å²) in [6, 6.07) is 0. The van der Waals surface area contributed by atoms with Crippen molar-refractivity contribution in [3.8, 4) is 0 Å². The van der Waals surface area contributed by atoms with Crippen molar-refractivity contribution in [1.29, 1.82) is 0 Å². The summed E-state index contributed by atoms with van der Waals surface area (Å²) >= 11 is 0. The van der Waals surface area contributed by atoms with E-state index in [2.05, 4.69) is 26.0 Å². The first-order valence-corrected chi connectivity index (χ1v) is 23.0. The average molecular weight is 809 g/mol. The molecule has 0 radical (unpaired) electrons. The number of ether oxygens (including phenoxy) is 2. The van der Waals surface area contributed by atoms with Gasteiger partial charge in [0.1, 0.15) is 43.2 Å². The number of rotatable bonds is 35. The third kappa shape index (κ3) is 25.5. The van der Waals surface area contributed by atoms with Crippen LogP contribution in [0.2, 0.25) is 0 Å². The molecule has 0 heterocycles. The molecule has 55 heavy (non-hydrogen) atoms. The molecule has 6 N–H and O–H groups in total. The normalized spacial score (nSPS) is 23.1. The minimum absolute atomic E-state index is 0.0804. The van der Waals surface area contributed by atoms with Crippen molar-refractivity contribution in [3.63, 3.8) is 0 Å². The lowest BCUT2D eigenvalue weighted by atomic mass is 9.85. The van der Waals surface area contributed by atoms with Gasteiger partial charge in [-0.2, -0.15) is 0 Å². The third-order valence-corrected chi connectivity index (χ3v) is 11.1. The van der Waals surface area contributed by atoms with Crippen molar-refractivity contribution in [2.75, 3.05) is 13.2 Å². The molecular formula is C41H77O13P. The maximum Gasteiger partial charge on any atom is 0.472 e. The van der Waals surface area contributed by atoms with Gasteiger partial charge in [0, 0.05) is 12.8 Å². The summed E-state index contributed by atoms with van der Waals surface area (Å²) in [5.74, 6) is -1.11. The highest BCUT2D eigenvalue weighted by Gasteiger charge is 2.51. The smallest absolute Gasteiger partial charge is 0.462 e. The van der Waals surface area contributed by atoms with Crippen molar-refractivity contribution < 1.29 is 63.1 Å². The Balaban J connectivity index is 2.50. The summed E-state index contributed by atoms with van der Waals surface area (Å²) in [6.45, 7) is 3.26. The number of phosphoric ester groups is 1. The van der Waals surface area contributed by atoms with Crippen LogP contribution in [0.25, 0.3) is 0 Å². The first-order chi connectivity index (χ1) is 26.4. The van der Waals surface area contributed by atoms with Crippen LogP contribution in [0, 0.1) is 0 Å². The van der Waals surface area contributed by atoms with Crippen LogP contribution in [0.15, 0.2) is 12.2 Å². The van der Waals surface area contributed by atoms with Gasteiger partial charge in [0.2, 0.25) is 0 Å². The fourth-order valence-corrected chi connectivity index (χ4v) is 7.55. The number of carbonyl (C=O) groups is 2. The van der Waals surface area contributed by atoms with E-state index in [1.54, 1.807) is 0 Å². The van der Waals surface area contributed by atoms with Gasteiger partial charge in [-0.3, -0.25) is 18.6 Å². The van der Waals surface area contributed by atoms with Crippen LogP contribution in [-0.4, -0.2) is 98.3 Å². The Morgan fingerprint density at radius 2 is 0.927 bits per heavy atom. The molecule has 324 valence electrons. The highest BCUT2D eigenvalue weighted by molar-refractivity contribution is 7.47. The maximum atomic E-state index is 12.8. The molecule has 1 fully saturated rings. The van der Waals surface area contributed by atoms with Crippen LogP contribution in [0.4, 0.5) is 0 Å². The topological polar surface area (TPSA) is 210 Å². The zero-order valence-corrected chi connectivity index (χ0v) is 34.9. The number of aliphatic hydroxyl groups excluding tert-OH is 5. The molecule has 8 atom stereocenters. The van der Waals surface area contributed by atoms with Gasteiger partial charge in [0.15, 0.2) is 6.10 Å². The summed E-state index contributed by atoms with van der Waals surface area (Å²) in [6.07, 6.45) is 18.5. The van der Waals surface area contributed by atoms with Crippen LogP contribution in [0.3, 0.4) is 0 Å². The van der Waals surface area contributed by atoms with E-state index in [0.717, 1.165) is 44.9 Å². The number of esters is 2. The zero-order valence-electron chi connectivity index (χ0n) is 34.0. The van der Waals surface area contributed by atoms with E-state index in [4.69, 9.17) is 18.5 Å². The molecule has 0 aromatic carbocycles. The van der Waals surface area contributed by atoms with Gasteiger partial charge in [-0.05, 0) is 38.5 Å².